The van der Waals surface area contributed by atoms with E-state index in [1.807, 2.05) is 23.1 Å². The molecular weight excluding hydrogens is 342 g/mol. The molecule has 0 bridgehead atoms. The van der Waals surface area contributed by atoms with E-state index in [0.717, 1.165) is 54.7 Å². The van der Waals surface area contributed by atoms with Crippen molar-refractivity contribution in [3.63, 3.8) is 0 Å². The minimum Gasteiger partial charge on any atom is -0.337 e. The predicted molar refractivity (Wildman–Crippen MR) is 97.6 cm³/mol. The van der Waals surface area contributed by atoms with Gasteiger partial charge >= 0.3 is 0 Å². The van der Waals surface area contributed by atoms with Crippen molar-refractivity contribution in [1.82, 2.24) is 35.3 Å². The molecule has 8 nitrogen and oxygen atoms in total. The average molecular weight is 363 g/mol. The molecule has 1 aromatic carbocycles. The van der Waals surface area contributed by atoms with Gasteiger partial charge in [-0.2, -0.15) is 5.10 Å². The third kappa shape index (κ3) is 2.81. The second-order valence-corrected chi connectivity index (χ2v) is 7.21. The van der Waals surface area contributed by atoms with E-state index in [1.165, 1.54) is 0 Å². The lowest BCUT2D eigenvalue weighted by atomic mass is 9.97. The Morgan fingerprint density at radius 2 is 2.04 bits per heavy atom. The number of amides is 1. The molecule has 1 atom stereocenters. The number of carbonyl (C=O) groups is 1. The summed E-state index contributed by atoms with van der Waals surface area (Å²) in [5.74, 6) is 0.578. The van der Waals surface area contributed by atoms with Gasteiger partial charge in [0.25, 0.3) is 0 Å². The number of aromatic amines is 1. The van der Waals surface area contributed by atoms with Gasteiger partial charge in [-0.1, -0.05) is 36.8 Å². The summed E-state index contributed by atoms with van der Waals surface area (Å²) in [5, 5.41) is 19.7. The van der Waals surface area contributed by atoms with E-state index >= 15 is 0 Å². The van der Waals surface area contributed by atoms with Crippen LogP contribution in [0.15, 0.2) is 30.3 Å². The lowest BCUT2D eigenvalue weighted by Gasteiger charge is -2.30. The number of nitrogens with one attached hydrogen (secondary N) is 1. The first-order chi connectivity index (χ1) is 13.3. The SMILES string of the molecule is O=C([C@@H]1CCCCn2nnnc21)N1CCc2[nH]nc(-c3ccccc3)c2C1. The number of carbonyl (C=O) groups excluding carboxylic acids is 1. The molecule has 0 fully saturated rings. The van der Waals surface area contributed by atoms with Gasteiger partial charge in [0.15, 0.2) is 5.82 Å². The zero-order valence-corrected chi connectivity index (χ0v) is 15.0. The maximum Gasteiger partial charge on any atom is 0.233 e. The first kappa shape index (κ1) is 16.2. The second kappa shape index (κ2) is 6.61. The molecule has 8 heteroatoms. The highest BCUT2D eigenvalue weighted by Crippen LogP contribution is 2.31. The molecule has 0 spiro atoms. The normalized spacial score (nSPS) is 19.3. The summed E-state index contributed by atoms with van der Waals surface area (Å²) in [6, 6.07) is 10.1. The molecule has 2 aromatic heterocycles. The van der Waals surface area contributed by atoms with Crippen molar-refractivity contribution in [2.24, 2.45) is 0 Å². The van der Waals surface area contributed by atoms with Gasteiger partial charge in [0.2, 0.25) is 5.91 Å². The van der Waals surface area contributed by atoms with E-state index < -0.39 is 0 Å². The van der Waals surface area contributed by atoms with Crippen molar-refractivity contribution in [1.29, 1.82) is 0 Å². The van der Waals surface area contributed by atoms with Gasteiger partial charge in [-0.05, 0) is 23.3 Å². The molecule has 0 radical (unpaired) electrons. The summed E-state index contributed by atoms with van der Waals surface area (Å²) in [6.45, 7) is 2.06. The summed E-state index contributed by atoms with van der Waals surface area (Å²) in [7, 11) is 0. The predicted octanol–water partition coefficient (Wildman–Crippen LogP) is 1.92. The van der Waals surface area contributed by atoms with Gasteiger partial charge in [-0.3, -0.25) is 9.89 Å². The molecule has 2 aliphatic rings. The molecule has 4 heterocycles. The Kier molecular flexibility index (Phi) is 3.95. The Hall–Kier alpha value is -3.03. The zero-order valence-electron chi connectivity index (χ0n) is 15.0. The highest BCUT2D eigenvalue weighted by atomic mass is 16.2. The van der Waals surface area contributed by atoms with Crippen molar-refractivity contribution < 1.29 is 4.79 Å². The highest BCUT2D eigenvalue weighted by Gasteiger charge is 2.34. The van der Waals surface area contributed by atoms with Gasteiger partial charge in [0.1, 0.15) is 0 Å². The van der Waals surface area contributed by atoms with Crippen LogP contribution in [0.1, 0.15) is 42.3 Å². The maximum absolute atomic E-state index is 13.3. The molecular formula is C19H21N7O. The Morgan fingerprint density at radius 1 is 1.15 bits per heavy atom. The number of tetrazole rings is 1. The molecule has 0 unspecified atom stereocenters. The minimum atomic E-state index is -0.254. The van der Waals surface area contributed by atoms with Crippen LogP contribution in [-0.2, 0) is 24.3 Å². The number of aromatic nitrogens is 6. The third-order valence-electron chi connectivity index (χ3n) is 5.57. The van der Waals surface area contributed by atoms with Crippen molar-refractivity contribution in [3.8, 4) is 11.3 Å². The number of H-pyrrole nitrogens is 1. The van der Waals surface area contributed by atoms with Gasteiger partial charge in [0.05, 0.1) is 11.6 Å². The van der Waals surface area contributed by atoms with Gasteiger partial charge < -0.3 is 4.90 Å². The Balaban J connectivity index is 1.43. The van der Waals surface area contributed by atoms with Crippen LogP contribution in [0.2, 0.25) is 0 Å². The average Bonchev–Trinajstić information content (AvgIpc) is 3.30. The second-order valence-electron chi connectivity index (χ2n) is 7.21. The van der Waals surface area contributed by atoms with Crippen molar-refractivity contribution in [3.05, 3.63) is 47.4 Å². The van der Waals surface area contributed by atoms with Crippen LogP contribution in [0, 0.1) is 0 Å². The van der Waals surface area contributed by atoms with Gasteiger partial charge in [-0.25, -0.2) is 4.68 Å². The van der Waals surface area contributed by atoms with Crippen LogP contribution < -0.4 is 0 Å². The van der Waals surface area contributed by atoms with E-state index in [0.29, 0.717) is 18.9 Å². The Labute approximate surface area is 156 Å². The summed E-state index contributed by atoms with van der Waals surface area (Å²) >= 11 is 0. The molecule has 5 rings (SSSR count). The summed E-state index contributed by atoms with van der Waals surface area (Å²) in [6.07, 6.45) is 3.60. The monoisotopic (exact) mass is 363 g/mol. The van der Waals surface area contributed by atoms with Crippen LogP contribution in [0.3, 0.4) is 0 Å². The molecule has 27 heavy (non-hydrogen) atoms. The topological polar surface area (TPSA) is 92.6 Å². The van der Waals surface area contributed by atoms with Crippen LogP contribution in [0.25, 0.3) is 11.3 Å². The molecule has 0 aliphatic carbocycles. The van der Waals surface area contributed by atoms with E-state index in [-0.39, 0.29) is 11.8 Å². The number of fused-ring (bicyclic) bond motifs is 2. The van der Waals surface area contributed by atoms with Crippen LogP contribution >= 0.6 is 0 Å². The van der Waals surface area contributed by atoms with Gasteiger partial charge in [0, 0.05) is 42.9 Å². The smallest absolute Gasteiger partial charge is 0.233 e. The van der Waals surface area contributed by atoms with Crippen LogP contribution in [0.5, 0.6) is 0 Å². The van der Waals surface area contributed by atoms with Crippen molar-refractivity contribution in [2.45, 2.75) is 44.7 Å². The lowest BCUT2D eigenvalue weighted by Crippen LogP contribution is -2.39. The molecule has 1 N–H and O–H groups in total. The maximum atomic E-state index is 13.3. The van der Waals surface area contributed by atoms with Crippen molar-refractivity contribution >= 4 is 5.91 Å². The molecule has 0 saturated carbocycles. The fraction of sp³-hybridized carbons (Fsp3) is 0.421. The van der Waals surface area contributed by atoms with Crippen molar-refractivity contribution in [2.75, 3.05) is 6.54 Å². The molecule has 3 aromatic rings. The lowest BCUT2D eigenvalue weighted by molar-refractivity contribution is -0.134. The minimum absolute atomic E-state index is 0.124. The first-order valence-corrected chi connectivity index (χ1v) is 9.47. The number of benzene rings is 1. The standard InChI is InChI=1S/C19H21N7O/c27-19(14-8-4-5-10-26-18(14)22-23-24-26)25-11-9-16-15(12-25)17(21-20-16)13-6-2-1-3-7-13/h1-3,6-7,14H,4-5,8-12H2,(H,20,21)/t14-/m1/s1. The fourth-order valence-electron chi connectivity index (χ4n) is 4.13. The summed E-state index contributed by atoms with van der Waals surface area (Å²) in [4.78, 5) is 15.3. The van der Waals surface area contributed by atoms with E-state index in [9.17, 15) is 4.79 Å². The highest BCUT2D eigenvalue weighted by molar-refractivity contribution is 5.83. The third-order valence-corrected chi connectivity index (χ3v) is 5.57. The van der Waals surface area contributed by atoms with Crippen LogP contribution in [0.4, 0.5) is 0 Å². The molecule has 138 valence electrons. The number of hydrogen-bond acceptors (Lipinski definition) is 5. The van der Waals surface area contributed by atoms with Crippen LogP contribution in [-0.4, -0.2) is 47.8 Å². The van der Waals surface area contributed by atoms with E-state index in [2.05, 4.69) is 37.9 Å². The molecule has 1 amide bonds. The largest absolute Gasteiger partial charge is 0.337 e. The van der Waals surface area contributed by atoms with Gasteiger partial charge in [-0.15, -0.1) is 5.10 Å². The quantitative estimate of drug-likeness (QED) is 0.751. The molecule has 0 saturated heterocycles. The number of nitrogens with zero attached hydrogens (tertiary/aromatic N) is 6. The zero-order chi connectivity index (χ0) is 18.2. The fourth-order valence-corrected chi connectivity index (χ4v) is 4.13. The summed E-state index contributed by atoms with van der Waals surface area (Å²) < 4.78 is 1.79. The first-order valence-electron chi connectivity index (χ1n) is 9.47. The number of rotatable bonds is 2. The molecule has 2 aliphatic heterocycles. The number of aryl methyl sites for hydroxylation is 1. The van der Waals surface area contributed by atoms with E-state index in [4.69, 9.17) is 0 Å². The summed E-state index contributed by atoms with van der Waals surface area (Å²) in [5.41, 5.74) is 4.26. The van der Waals surface area contributed by atoms with E-state index in [1.54, 1.807) is 4.68 Å². The Morgan fingerprint density at radius 3 is 2.93 bits per heavy atom. The number of hydrogen-bond donors (Lipinski definition) is 1. The Bertz CT molecular complexity index is 962.